The number of ether oxygens (including phenoxy) is 1. The van der Waals surface area contributed by atoms with Crippen molar-refractivity contribution < 1.29 is 14.3 Å². The molecule has 1 aliphatic rings. The molecule has 4 heteroatoms. The van der Waals surface area contributed by atoms with Crippen molar-refractivity contribution in [2.45, 2.75) is 39.5 Å². The predicted molar refractivity (Wildman–Crippen MR) is 82.0 cm³/mol. The molecule has 21 heavy (non-hydrogen) atoms. The minimum Gasteiger partial charge on any atom is -0.455 e. The van der Waals surface area contributed by atoms with Gasteiger partial charge in [0, 0.05) is 5.69 Å². The standard InChI is InChI=1S/C17H23NO3/c1-4-11(2)13-5-7-14(8-6-13)18-16(19)10-21-17(20)15-9-12(15)3/h5-8,11-12,15H,4,9-10H2,1-3H3,(H,18,19)/t11-,12+,15+/m1/s1. The quantitative estimate of drug-likeness (QED) is 0.817. The van der Waals surface area contributed by atoms with Crippen LogP contribution in [-0.4, -0.2) is 18.5 Å². The summed E-state index contributed by atoms with van der Waals surface area (Å²) >= 11 is 0. The van der Waals surface area contributed by atoms with Crippen LogP contribution in [0.4, 0.5) is 5.69 Å². The summed E-state index contributed by atoms with van der Waals surface area (Å²) < 4.78 is 5.00. The van der Waals surface area contributed by atoms with Gasteiger partial charge in [0.2, 0.25) is 0 Å². The Balaban J connectivity index is 1.78. The molecular formula is C17H23NO3. The highest BCUT2D eigenvalue weighted by molar-refractivity contribution is 5.93. The van der Waals surface area contributed by atoms with Gasteiger partial charge in [-0.25, -0.2) is 0 Å². The second-order valence-corrected chi connectivity index (χ2v) is 5.91. The van der Waals surface area contributed by atoms with Crippen LogP contribution in [0, 0.1) is 11.8 Å². The van der Waals surface area contributed by atoms with Gasteiger partial charge >= 0.3 is 5.97 Å². The van der Waals surface area contributed by atoms with Crippen molar-refractivity contribution in [3.05, 3.63) is 29.8 Å². The van der Waals surface area contributed by atoms with Crippen LogP contribution < -0.4 is 5.32 Å². The molecule has 0 radical (unpaired) electrons. The average molecular weight is 289 g/mol. The van der Waals surface area contributed by atoms with E-state index in [9.17, 15) is 9.59 Å². The molecule has 1 amide bonds. The van der Waals surface area contributed by atoms with Gasteiger partial charge in [-0.2, -0.15) is 0 Å². The molecule has 1 saturated carbocycles. The highest BCUT2D eigenvalue weighted by Crippen LogP contribution is 2.38. The number of rotatable bonds is 6. The van der Waals surface area contributed by atoms with E-state index in [1.54, 1.807) is 0 Å². The Morgan fingerprint density at radius 1 is 1.33 bits per heavy atom. The van der Waals surface area contributed by atoms with Gasteiger partial charge in [0.1, 0.15) is 0 Å². The highest BCUT2D eigenvalue weighted by atomic mass is 16.5. The van der Waals surface area contributed by atoms with E-state index >= 15 is 0 Å². The van der Waals surface area contributed by atoms with Crippen molar-refractivity contribution in [1.82, 2.24) is 0 Å². The van der Waals surface area contributed by atoms with Gasteiger partial charge in [0.25, 0.3) is 5.91 Å². The number of carbonyl (C=O) groups excluding carboxylic acids is 2. The SMILES string of the molecule is CC[C@@H](C)c1ccc(NC(=O)COC(=O)[C@H]2C[C@@H]2C)cc1. The number of anilines is 1. The fourth-order valence-electron chi connectivity index (χ4n) is 2.22. The molecule has 2 rings (SSSR count). The zero-order valence-corrected chi connectivity index (χ0v) is 12.9. The van der Waals surface area contributed by atoms with E-state index in [0.717, 1.165) is 18.5 Å². The summed E-state index contributed by atoms with van der Waals surface area (Å²) in [4.78, 5) is 23.3. The van der Waals surface area contributed by atoms with Gasteiger partial charge in [-0.3, -0.25) is 9.59 Å². The molecule has 0 bridgehead atoms. The summed E-state index contributed by atoms with van der Waals surface area (Å²) in [5.41, 5.74) is 1.98. The van der Waals surface area contributed by atoms with E-state index in [4.69, 9.17) is 4.74 Å². The molecule has 0 aliphatic heterocycles. The Labute approximate surface area is 125 Å². The molecule has 0 unspecified atom stereocenters. The minimum atomic E-state index is -0.298. The van der Waals surface area contributed by atoms with Crippen LogP contribution in [0.1, 0.15) is 45.1 Å². The van der Waals surface area contributed by atoms with E-state index in [0.29, 0.717) is 11.8 Å². The molecule has 1 aliphatic carbocycles. The largest absolute Gasteiger partial charge is 0.455 e. The summed E-state index contributed by atoms with van der Waals surface area (Å²) in [5.74, 6) is 0.343. The summed E-state index contributed by atoms with van der Waals surface area (Å²) in [6, 6.07) is 7.79. The Kier molecular flexibility index (Phi) is 4.99. The Hall–Kier alpha value is -1.84. The average Bonchev–Trinajstić information content (AvgIpc) is 3.22. The molecule has 3 atom stereocenters. The van der Waals surface area contributed by atoms with Crippen molar-refractivity contribution in [3.63, 3.8) is 0 Å². The molecular weight excluding hydrogens is 266 g/mol. The maximum Gasteiger partial charge on any atom is 0.309 e. The van der Waals surface area contributed by atoms with E-state index < -0.39 is 0 Å². The Bertz CT molecular complexity index is 509. The third kappa shape index (κ3) is 4.31. The third-order valence-electron chi connectivity index (χ3n) is 4.13. The first-order valence-electron chi connectivity index (χ1n) is 7.57. The van der Waals surface area contributed by atoms with E-state index in [1.807, 2.05) is 31.2 Å². The fourth-order valence-corrected chi connectivity index (χ4v) is 2.22. The molecule has 0 saturated heterocycles. The molecule has 114 valence electrons. The third-order valence-corrected chi connectivity index (χ3v) is 4.13. The van der Waals surface area contributed by atoms with E-state index in [2.05, 4.69) is 19.2 Å². The number of esters is 1. The monoisotopic (exact) mass is 289 g/mol. The molecule has 1 fully saturated rings. The fraction of sp³-hybridized carbons (Fsp3) is 0.529. The van der Waals surface area contributed by atoms with Crippen molar-refractivity contribution >= 4 is 17.6 Å². The van der Waals surface area contributed by atoms with Crippen LogP contribution >= 0.6 is 0 Å². The van der Waals surface area contributed by atoms with Crippen molar-refractivity contribution in [2.75, 3.05) is 11.9 Å². The summed E-state index contributed by atoms with van der Waals surface area (Å²) in [6.07, 6.45) is 1.96. The number of carbonyl (C=O) groups is 2. The lowest BCUT2D eigenvalue weighted by atomic mass is 9.99. The van der Waals surface area contributed by atoms with Gasteiger partial charge in [0.15, 0.2) is 6.61 Å². The first-order valence-corrected chi connectivity index (χ1v) is 7.57. The van der Waals surface area contributed by atoms with Crippen LogP contribution in [0.15, 0.2) is 24.3 Å². The van der Waals surface area contributed by atoms with Crippen LogP contribution in [0.5, 0.6) is 0 Å². The lowest BCUT2D eigenvalue weighted by Crippen LogP contribution is -2.21. The second-order valence-electron chi connectivity index (χ2n) is 5.91. The second kappa shape index (κ2) is 6.74. The Morgan fingerprint density at radius 2 is 1.95 bits per heavy atom. The van der Waals surface area contributed by atoms with E-state index in [-0.39, 0.29) is 24.4 Å². The van der Waals surface area contributed by atoms with Crippen LogP contribution in [-0.2, 0) is 14.3 Å². The molecule has 0 heterocycles. The summed E-state index contributed by atoms with van der Waals surface area (Å²) in [5, 5.41) is 2.74. The predicted octanol–water partition coefficient (Wildman–Crippen LogP) is 3.34. The normalized spacial score (nSPS) is 21.5. The number of hydrogen-bond acceptors (Lipinski definition) is 3. The minimum absolute atomic E-state index is 0.00684. The van der Waals surface area contributed by atoms with Crippen LogP contribution in [0.2, 0.25) is 0 Å². The van der Waals surface area contributed by atoms with E-state index in [1.165, 1.54) is 5.56 Å². The number of hydrogen-bond donors (Lipinski definition) is 1. The maximum absolute atomic E-state index is 11.7. The van der Waals surface area contributed by atoms with Crippen molar-refractivity contribution in [3.8, 4) is 0 Å². The summed E-state index contributed by atoms with van der Waals surface area (Å²) in [7, 11) is 0. The molecule has 0 aromatic heterocycles. The number of amides is 1. The topological polar surface area (TPSA) is 55.4 Å². The maximum atomic E-state index is 11.7. The highest BCUT2D eigenvalue weighted by Gasteiger charge is 2.40. The Morgan fingerprint density at radius 3 is 2.48 bits per heavy atom. The molecule has 4 nitrogen and oxygen atoms in total. The zero-order valence-electron chi connectivity index (χ0n) is 12.9. The molecule has 1 aromatic rings. The number of benzene rings is 1. The van der Waals surface area contributed by atoms with Crippen LogP contribution in [0.3, 0.4) is 0 Å². The lowest BCUT2D eigenvalue weighted by Gasteiger charge is -2.10. The van der Waals surface area contributed by atoms with Crippen molar-refractivity contribution in [2.24, 2.45) is 11.8 Å². The smallest absolute Gasteiger partial charge is 0.309 e. The van der Waals surface area contributed by atoms with Crippen LogP contribution in [0.25, 0.3) is 0 Å². The van der Waals surface area contributed by atoms with Gasteiger partial charge in [-0.15, -0.1) is 0 Å². The van der Waals surface area contributed by atoms with Gasteiger partial charge < -0.3 is 10.1 Å². The number of nitrogens with one attached hydrogen (secondary N) is 1. The molecule has 1 aromatic carbocycles. The lowest BCUT2D eigenvalue weighted by molar-refractivity contribution is -0.148. The first-order chi connectivity index (χ1) is 10.0. The van der Waals surface area contributed by atoms with Gasteiger partial charge in [0.05, 0.1) is 5.92 Å². The first kappa shape index (κ1) is 15.5. The molecule has 1 N–H and O–H groups in total. The van der Waals surface area contributed by atoms with Crippen molar-refractivity contribution in [1.29, 1.82) is 0 Å². The summed E-state index contributed by atoms with van der Waals surface area (Å²) in [6.45, 7) is 6.11. The van der Waals surface area contributed by atoms with Gasteiger partial charge in [-0.05, 0) is 42.4 Å². The molecule has 0 spiro atoms. The zero-order chi connectivity index (χ0) is 15.4. The van der Waals surface area contributed by atoms with Gasteiger partial charge in [-0.1, -0.05) is 32.9 Å².